The summed E-state index contributed by atoms with van der Waals surface area (Å²) < 4.78 is 276. The second kappa shape index (κ2) is 30.0. The quantitative estimate of drug-likeness (QED) is 0.00412. The van der Waals surface area contributed by atoms with E-state index >= 15 is 0 Å². The standard InChI is InChI=1S/C46H48N10O32S10/c47-41-31(19-35(93(65,66)67)29-17-37(95(71,72)73)43(45(57)39(29)41)55-49-21-1-5-25(6-2-21)89-87-83-9-11-85-97(77,78)79)53-51-23-13-27-28(33(15-23)91(59,60)61)14-24(16-34(27)92(62,63)64)52-54-32-20-36(94(68,69)70)30-18-38(96(74,75)76)44(46(58)40(30)42(32)48)56-50-22-3-7-26(8-4-22)90-88-84-10-12-86-98(80,81)82/h1-8,13-20,57-61,71-82H,9-12,47-48H2,(H,62,63,64)(H,65,66,67)(H,68,69,70). The van der Waals surface area contributed by atoms with Crippen LogP contribution in [0.15, 0.2) is 177 Å². The number of rotatable bonds is 28. The summed E-state index contributed by atoms with van der Waals surface area (Å²) in [6.07, 6.45) is 0. The van der Waals surface area contributed by atoms with Gasteiger partial charge in [0.05, 0.1) is 96.9 Å². The van der Waals surface area contributed by atoms with Gasteiger partial charge < -0.3 is 62.7 Å². The van der Waals surface area contributed by atoms with Crippen molar-refractivity contribution in [2.45, 2.75) is 39.2 Å². The largest absolute Gasteiger partial charge is 0.505 e. The zero-order chi connectivity index (χ0) is 72.5. The molecule has 0 unspecified atom stereocenters. The first-order valence-electron chi connectivity index (χ1n) is 25.2. The summed E-state index contributed by atoms with van der Waals surface area (Å²) >= 11 is -7.20. The Morgan fingerprint density at radius 2 is 0.663 bits per heavy atom. The van der Waals surface area contributed by atoms with Gasteiger partial charge in [0.1, 0.15) is 83.3 Å². The third kappa shape index (κ3) is 19.5. The molecule has 0 spiro atoms. The number of hydrogen-bond acceptors (Lipinski definition) is 41. The lowest BCUT2D eigenvalue weighted by atomic mass is 10.0. The number of anilines is 2. The Morgan fingerprint density at radius 3 is 0.990 bits per heavy atom. The molecule has 8 rings (SSSR count). The van der Waals surface area contributed by atoms with Gasteiger partial charge in [0.15, 0.2) is 11.5 Å². The summed E-state index contributed by atoms with van der Waals surface area (Å²) in [5, 5.41) is 49.4. The lowest BCUT2D eigenvalue weighted by molar-refractivity contribution is -0.195. The highest BCUT2D eigenvalue weighted by Gasteiger charge is 2.33. The van der Waals surface area contributed by atoms with Crippen LogP contribution < -0.4 is 11.5 Å². The van der Waals surface area contributed by atoms with Crippen LogP contribution in [0.2, 0.25) is 0 Å². The molecule has 8 aromatic rings. The van der Waals surface area contributed by atoms with Crippen LogP contribution in [-0.4, -0.2) is 144 Å². The molecule has 0 aromatic heterocycles. The molecule has 0 aliphatic rings. The van der Waals surface area contributed by atoms with Crippen LogP contribution in [0.1, 0.15) is 0 Å². The van der Waals surface area contributed by atoms with Crippen molar-refractivity contribution in [2.75, 3.05) is 37.9 Å². The lowest BCUT2D eigenvalue weighted by Gasteiger charge is -2.23. The van der Waals surface area contributed by atoms with Gasteiger partial charge in [-0.25, -0.2) is 9.78 Å². The van der Waals surface area contributed by atoms with E-state index in [-0.39, 0.29) is 24.6 Å². The first-order valence-corrected chi connectivity index (χ1v) is 38.4. The zero-order valence-corrected chi connectivity index (χ0v) is 55.9. The number of azo groups is 4. The van der Waals surface area contributed by atoms with Crippen molar-refractivity contribution in [3.63, 3.8) is 0 Å². The number of fused-ring (bicyclic) bond motifs is 3. The van der Waals surface area contributed by atoms with Gasteiger partial charge >= 0.3 is 0 Å². The molecular formula is C46H48N10O32S10. The Balaban J connectivity index is 1.17. The van der Waals surface area contributed by atoms with Crippen molar-refractivity contribution in [1.82, 2.24) is 0 Å². The fourth-order valence-corrected chi connectivity index (χ4v) is 13.9. The molecule has 42 nitrogen and oxygen atoms in total. The molecule has 0 bridgehead atoms. The molecule has 52 heteroatoms. The van der Waals surface area contributed by atoms with E-state index in [0.717, 1.165) is 12.1 Å². The second-order valence-electron chi connectivity index (χ2n) is 18.9. The zero-order valence-electron chi connectivity index (χ0n) is 47.7. The summed E-state index contributed by atoms with van der Waals surface area (Å²) in [6.45, 7) is -1.68. The summed E-state index contributed by atoms with van der Waals surface area (Å²) in [5.74, 6) is -2.49. The summed E-state index contributed by atoms with van der Waals surface area (Å²) in [5.41, 5.74) is 6.21. The van der Waals surface area contributed by atoms with Crippen molar-refractivity contribution < 1.29 is 144 Å². The minimum atomic E-state index is -5.55. The first kappa shape index (κ1) is 77.2. The fraction of sp³-hybridized carbons (Fsp3) is 0.0870. The van der Waals surface area contributed by atoms with Gasteiger partial charge in [0.2, 0.25) is 22.3 Å². The molecule has 0 saturated heterocycles. The molecule has 534 valence electrons. The SMILES string of the molecule is Nc1c(N=Nc2cc(S(=O)(=O)O)c3cc(N=Nc4cc(S(=O)(=O)O)c5cc(S(O)(O)O)c(N=Nc6ccc(SOOCCOS(O)(O)O)cc6)c(O)c5c4N)cc(S(O)(O)O)c3c2)cc(S(=O)(=O)O)c2cc(S(O)(O)O)c(N=Nc3ccc(SOOCCOS(O)(O)O)cc3)c(O)c12. The Labute approximate surface area is 565 Å². The summed E-state index contributed by atoms with van der Waals surface area (Å²) in [4.78, 5) is 3.44. The number of nitrogen functional groups attached to an aromatic ring is 2. The van der Waals surface area contributed by atoms with Crippen LogP contribution in [0.3, 0.4) is 0 Å². The number of nitrogens with zero attached hydrogens (tertiary/aromatic N) is 8. The molecule has 8 aromatic carbocycles. The van der Waals surface area contributed by atoms with E-state index in [1.165, 1.54) is 48.5 Å². The van der Waals surface area contributed by atoms with Crippen LogP contribution >= 0.6 is 79.0 Å². The average Bonchev–Trinajstić information content (AvgIpc) is 0.751. The van der Waals surface area contributed by atoms with Crippen LogP contribution in [0.25, 0.3) is 32.3 Å². The van der Waals surface area contributed by atoms with Crippen LogP contribution in [-0.2, 0) is 57.2 Å². The molecule has 0 aliphatic carbocycles. The second-order valence-corrected chi connectivity index (χ2v) is 31.4. The van der Waals surface area contributed by atoms with Crippen molar-refractivity contribution >= 4 is 199 Å². The topological polar surface area (TPSA) is 713 Å². The van der Waals surface area contributed by atoms with E-state index in [2.05, 4.69) is 49.3 Å². The van der Waals surface area contributed by atoms with E-state index in [9.17, 15) is 90.1 Å². The minimum absolute atomic E-state index is 0.0391. The molecule has 0 aliphatic heterocycles. The van der Waals surface area contributed by atoms with Crippen molar-refractivity contribution in [1.29, 1.82) is 0 Å². The van der Waals surface area contributed by atoms with Crippen LogP contribution in [0, 0.1) is 0 Å². The van der Waals surface area contributed by atoms with Crippen molar-refractivity contribution in [3.05, 3.63) is 97.1 Å². The molecule has 0 heterocycles. The van der Waals surface area contributed by atoms with Crippen LogP contribution in [0.4, 0.5) is 56.9 Å². The highest BCUT2D eigenvalue weighted by Crippen LogP contribution is 2.59. The smallest absolute Gasteiger partial charge is 0.295 e. The van der Waals surface area contributed by atoms with E-state index in [1.807, 2.05) is 0 Å². The third-order valence-corrected chi connectivity index (χ3v) is 19.9. The normalized spacial score (nSPS) is 14.3. The van der Waals surface area contributed by atoms with Crippen molar-refractivity contribution in [3.8, 4) is 11.5 Å². The molecular weight excluding hydrogens is 1530 g/mol. The molecule has 98 heavy (non-hydrogen) atoms. The summed E-state index contributed by atoms with van der Waals surface area (Å²) in [7, 11) is -31.6. The summed E-state index contributed by atoms with van der Waals surface area (Å²) in [6, 6.07) is 15.6. The molecule has 0 radical (unpaired) electrons. The van der Waals surface area contributed by atoms with Gasteiger partial charge in [-0.1, -0.05) is 0 Å². The number of benzene rings is 8. The number of phenolic OH excluding ortho intramolecular Hbond substituents is 2. The van der Waals surface area contributed by atoms with Gasteiger partial charge in [0, 0.05) is 31.3 Å². The Bertz CT molecular complexity index is 4880. The third-order valence-electron chi connectivity index (χ3n) is 12.2. The highest BCUT2D eigenvalue weighted by atomic mass is 32.3. The molecule has 0 amide bonds. The molecule has 24 N–H and O–H groups in total. The van der Waals surface area contributed by atoms with E-state index in [0.29, 0.717) is 70.3 Å². The van der Waals surface area contributed by atoms with Gasteiger partial charge in [0.25, 0.3) is 30.4 Å². The number of hydrogen-bond donors (Lipinski definition) is 22. The Morgan fingerprint density at radius 1 is 0.347 bits per heavy atom. The monoisotopic (exact) mass is 1570 g/mol. The van der Waals surface area contributed by atoms with E-state index in [4.69, 9.17) is 57.2 Å². The van der Waals surface area contributed by atoms with Crippen LogP contribution in [0.5, 0.6) is 11.5 Å². The maximum absolute atomic E-state index is 13.2. The molecule has 0 fully saturated rings. The number of nitrogens with two attached hydrogens (primary N) is 2. The van der Waals surface area contributed by atoms with Gasteiger partial charge in [-0.05, 0) is 97.1 Å². The van der Waals surface area contributed by atoms with Crippen molar-refractivity contribution in [2.24, 2.45) is 40.9 Å². The van der Waals surface area contributed by atoms with E-state index < -0.39 is 217 Å². The van der Waals surface area contributed by atoms with Gasteiger partial charge in [-0.2, -0.15) is 54.4 Å². The van der Waals surface area contributed by atoms with Gasteiger partial charge in [-0.15, -0.1) is 20.5 Å². The minimum Gasteiger partial charge on any atom is -0.505 e. The molecule has 0 atom stereocenters. The van der Waals surface area contributed by atoms with E-state index in [1.54, 1.807) is 0 Å². The lowest BCUT2D eigenvalue weighted by Crippen LogP contribution is -2.07. The maximum atomic E-state index is 13.2. The Kier molecular flexibility index (Phi) is 23.6. The number of phenols is 2. The average molecular weight is 1570 g/mol. The Hall–Kier alpha value is -6.52. The predicted octanol–water partition coefficient (Wildman–Crippen LogP) is 15.1. The first-order chi connectivity index (χ1) is 45.3. The number of aromatic hydroxyl groups is 2. The predicted molar refractivity (Wildman–Crippen MR) is 353 cm³/mol. The molecule has 0 saturated carbocycles. The maximum Gasteiger partial charge on any atom is 0.295 e. The highest BCUT2D eigenvalue weighted by molar-refractivity contribution is 8.20. The fourth-order valence-electron chi connectivity index (χ4n) is 8.27. The van der Waals surface area contributed by atoms with Gasteiger partial charge in [-0.3, -0.25) is 49.3 Å².